The molecule has 2 amide bonds. The van der Waals surface area contributed by atoms with Gasteiger partial charge in [-0.1, -0.05) is 48.2 Å². The molecule has 2 aromatic rings. The van der Waals surface area contributed by atoms with E-state index >= 15 is 0 Å². The van der Waals surface area contributed by atoms with Gasteiger partial charge in [-0.3, -0.25) is 14.5 Å². The lowest BCUT2D eigenvalue weighted by molar-refractivity contribution is -0.122. The fraction of sp³-hybridized carbons (Fsp3) is 0.111. The van der Waals surface area contributed by atoms with Crippen LogP contribution in [0.5, 0.6) is 0 Å². The molecule has 1 heterocycles. The van der Waals surface area contributed by atoms with Crippen LogP contribution in [-0.2, 0) is 4.79 Å². The van der Waals surface area contributed by atoms with Crippen LogP contribution in [0, 0.1) is 0 Å². The summed E-state index contributed by atoms with van der Waals surface area (Å²) in [7, 11) is 0. The van der Waals surface area contributed by atoms with Gasteiger partial charge in [0, 0.05) is 16.3 Å². The van der Waals surface area contributed by atoms with E-state index in [1.807, 2.05) is 60.7 Å². The predicted octanol–water partition coefficient (Wildman–Crippen LogP) is 4.89. The predicted molar refractivity (Wildman–Crippen MR) is 95.4 cm³/mol. The Hall–Kier alpha value is -1.98. The van der Waals surface area contributed by atoms with Crippen LogP contribution in [-0.4, -0.2) is 22.6 Å². The zero-order valence-electron chi connectivity index (χ0n) is 12.6. The Balaban J connectivity index is 1.91. The summed E-state index contributed by atoms with van der Waals surface area (Å²) in [6, 6.07) is 18.0. The topological polar surface area (TPSA) is 37.4 Å². The van der Waals surface area contributed by atoms with Gasteiger partial charge in [0.2, 0.25) is 0 Å². The molecule has 0 aliphatic carbocycles. The summed E-state index contributed by atoms with van der Waals surface area (Å²) in [5, 5.41) is -0.197. The summed E-state index contributed by atoms with van der Waals surface area (Å²) in [6.45, 7) is 2.21. The number of amides is 2. The SMILES string of the molecule is CCN1C(=O)S/C(=C/c2ccccc2Sc2ccccc2)C1=O. The number of nitrogens with zero attached hydrogens (tertiary/aromatic N) is 1. The third-order valence-electron chi connectivity index (χ3n) is 3.37. The molecule has 0 radical (unpaired) electrons. The second-order valence-corrected chi connectivity index (χ2v) is 6.99. The minimum atomic E-state index is -0.206. The lowest BCUT2D eigenvalue weighted by atomic mass is 10.2. The molecular formula is C18H15NO2S2. The Morgan fingerprint density at radius 2 is 1.74 bits per heavy atom. The molecule has 0 N–H and O–H groups in total. The molecule has 0 bridgehead atoms. The van der Waals surface area contributed by atoms with E-state index in [4.69, 9.17) is 0 Å². The molecule has 3 nitrogen and oxygen atoms in total. The molecule has 1 aliphatic rings. The number of hydrogen-bond acceptors (Lipinski definition) is 4. The molecule has 0 spiro atoms. The summed E-state index contributed by atoms with van der Waals surface area (Å²) in [6.07, 6.45) is 1.81. The first kappa shape index (κ1) is 15.9. The van der Waals surface area contributed by atoms with Crippen LogP contribution >= 0.6 is 23.5 Å². The highest BCUT2D eigenvalue weighted by molar-refractivity contribution is 8.18. The lowest BCUT2D eigenvalue weighted by Gasteiger charge is -2.08. The maximum atomic E-state index is 12.2. The van der Waals surface area contributed by atoms with E-state index in [-0.39, 0.29) is 11.1 Å². The van der Waals surface area contributed by atoms with E-state index in [2.05, 4.69) is 0 Å². The van der Waals surface area contributed by atoms with Gasteiger partial charge in [0.05, 0.1) is 4.91 Å². The highest BCUT2D eigenvalue weighted by Gasteiger charge is 2.33. The largest absolute Gasteiger partial charge is 0.293 e. The molecule has 116 valence electrons. The first-order chi connectivity index (χ1) is 11.2. The molecule has 0 aromatic heterocycles. The van der Waals surface area contributed by atoms with Crippen molar-refractivity contribution < 1.29 is 9.59 Å². The van der Waals surface area contributed by atoms with E-state index in [0.717, 1.165) is 27.1 Å². The van der Waals surface area contributed by atoms with Gasteiger partial charge in [-0.15, -0.1) is 0 Å². The molecule has 3 rings (SSSR count). The summed E-state index contributed by atoms with van der Waals surface area (Å²) in [5.41, 5.74) is 0.947. The first-order valence-electron chi connectivity index (χ1n) is 7.26. The van der Waals surface area contributed by atoms with E-state index in [1.165, 1.54) is 4.90 Å². The minimum absolute atomic E-state index is 0.197. The van der Waals surface area contributed by atoms with Gasteiger partial charge >= 0.3 is 0 Å². The molecule has 5 heteroatoms. The van der Waals surface area contributed by atoms with Crippen molar-refractivity contribution in [1.29, 1.82) is 0 Å². The van der Waals surface area contributed by atoms with Crippen molar-refractivity contribution in [3.8, 4) is 0 Å². The van der Waals surface area contributed by atoms with Crippen molar-refractivity contribution in [1.82, 2.24) is 4.90 Å². The molecule has 0 unspecified atom stereocenters. The second-order valence-electron chi connectivity index (χ2n) is 4.88. The molecule has 2 aromatic carbocycles. The van der Waals surface area contributed by atoms with Crippen molar-refractivity contribution in [3.63, 3.8) is 0 Å². The van der Waals surface area contributed by atoms with E-state index < -0.39 is 0 Å². The molecule has 0 atom stereocenters. The van der Waals surface area contributed by atoms with Crippen LogP contribution < -0.4 is 0 Å². The Bertz CT molecular complexity index is 772. The Labute approximate surface area is 143 Å². The highest BCUT2D eigenvalue weighted by Crippen LogP contribution is 2.35. The average molecular weight is 341 g/mol. The smallest absolute Gasteiger partial charge is 0.269 e. The molecule has 23 heavy (non-hydrogen) atoms. The van der Waals surface area contributed by atoms with Crippen LogP contribution in [0.3, 0.4) is 0 Å². The van der Waals surface area contributed by atoms with E-state index in [0.29, 0.717) is 11.4 Å². The molecule has 0 saturated carbocycles. The summed E-state index contributed by atoms with van der Waals surface area (Å²) >= 11 is 2.65. The quantitative estimate of drug-likeness (QED) is 0.742. The van der Waals surface area contributed by atoms with Crippen LogP contribution in [0.15, 0.2) is 69.3 Å². The fourth-order valence-electron chi connectivity index (χ4n) is 2.22. The number of benzene rings is 2. The van der Waals surface area contributed by atoms with Crippen molar-refractivity contribution in [2.45, 2.75) is 16.7 Å². The van der Waals surface area contributed by atoms with Crippen molar-refractivity contribution >= 4 is 40.7 Å². The first-order valence-corrected chi connectivity index (χ1v) is 8.89. The number of carbonyl (C=O) groups excluding carboxylic acids is 2. The number of carbonyl (C=O) groups is 2. The van der Waals surface area contributed by atoms with Crippen LogP contribution in [0.25, 0.3) is 6.08 Å². The van der Waals surface area contributed by atoms with Crippen LogP contribution in [0.2, 0.25) is 0 Å². The van der Waals surface area contributed by atoms with E-state index in [9.17, 15) is 9.59 Å². The fourth-order valence-corrected chi connectivity index (χ4v) is 4.05. The monoisotopic (exact) mass is 341 g/mol. The summed E-state index contributed by atoms with van der Waals surface area (Å²) in [4.78, 5) is 28.0. The zero-order chi connectivity index (χ0) is 16.2. The number of thioether (sulfide) groups is 1. The van der Waals surface area contributed by atoms with Gasteiger partial charge in [-0.2, -0.15) is 0 Å². The van der Waals surface area contributed by atoms with Crippen molar-refractivity contribution in [2.24, 2.45) is 0 Å². The standard InChI is InChI=1S/C18H15NO2S2/c1-2-19-17(20)16(23-18(19)21)12-13-8-6-7-11-15(13)22-14-9-4-3-5-10-14/h3-12H,2H2,1H3/b16-12+. The van der Waals surface area contributed by atoms with E-state index in [1.54, 1.807) is 18.7 Å². The van der Waals surface area contributed by atoms with Gasteiger partial charge in [0.1, 0.15) is 0 Å². The van der Waals surface area contributed by atoms with Gasteiger partial charge in [-0.05, 0) is 48.5 Å². The number of imide groups is 1. The number of likely N-dealkylation sites (N-methyl/N-ethyl adjacent to an activating group) is 1. The molecule has 1 saturated heterocycles. The van der Waals surface area contributed by atoms with Crippen molar-refractivity contribution in [3.05, 3.63) is 65.1 Å². The molecular weight excluding hydrogens is 326 g/mol. The van der Waals surface area contributed by atoms with Crippen molar-refractivity contribution in [2.75, 3.05) is 6.54 Å². The Morgan fingerprint density at radius 3 is 2.43 bits per heavy atom. The molecule has 1 fully saturated rings. The Kier molecular flexibility index (Phi) is 4.88. The van der Waals surface area contributed by atoms with Gasteiger partial charge in [-0.25, -0.2) is 0 Å². The average Bonchev–Trinajstić information content (AvgIpc) is 2.83. The maximum absolute atomic E-state index is 12.2. The summed E-state index contributed by atoms with van der Waals surface area (Å²) < 4.78 is 0. The highest BCUT2D eigenvalue weighted by atomic mass is 32.2. The third kappa shape index (κ3) is 3.51. The van der Waals surface area contributed by atoms with Gasteiger partial charge in [0.15, 0.2) is 0 Å². The van der Waals surface area contributed by atoms with Crippen LogP contribution in [0.1, 0.15) is 12.5 Å². The second kappa shape index (κ2) is 7.06. The minimum Gasteiger partial charge on any atom is -0.269 e. The van der Waals surface area contributed by atoms with Gasteiger partial charge in [0.25, 0.3) is 11.1 Å². The third-order valence-corrected chi connectivity index (χ3v) is 5.37. The van der Waals surface area contributed by atoms with Gasteiger partial charge < -0.3 is 0 Å². The molecule has 1 aliphatic heterocycles. The zero-order valence-corrected chi connectivity index (χ0v) is 14.2. The number of rotatable bonds is 4. The summed E-state index contributed by atoms with van der Waals surface area (Å²) in [5.74, 6) is -0.206. The Morgan fingerprint density at radius 1 is 1.04 bits per heavy atom. The maximum Gasteiger partial charge on any atom is 0.293 e. The normalized spacial score (nSPS) is 16.4. The number of hydrogen-bond donors (Lipinski definition) is 0. The lowest BCUT2D eigenvalue weighted by Crippen LogP contribution is -2.27. The van der Waals surface area contributed by atoms with Crippen LogP contribution in [0.4, 0.5) is 4.79 Å².